The van der Waals surface area contributed by atoms with Crippen LogP contribution in [0.15, 0.2) is 24.4 Å². The highest BCUT2D eigenvalue weighted by Crippen LogP contribution is 2.27. The number of aromatic amines is 1. The molecule has 1 fully saturated rings. The number of para-hydroxylation sites is 1. The molecule has 2 aromatic rings. The van der Waals surface area contributed by atoms with Gasteiger partial charge in [0.15, 0.2) is 0 Å². The molecule has 1 aliphatic rings. The van der Waals surface area contributed by atoms with Crippen molar-refractivity contribution in [1.82, 2.24) is 10.2 Å². The van der Waals surface area contributed by atoms with Crippen molar-refractivity contribution in [3.63, 3.8) is 0 Å². The van der Waals surface area contributed by atoms with Crippen LogP contribution in [0, 0.1) is 0 Å². The molecule has 14 heavy (non-hydrogen) atoms. The summed E-state index contributed by atoms with van der Waals surface area (Å²) in [6, 6.07) is 6.92. The van der Waals surface area contributed by atoms with Crippen molar-refractivity contribution in [3.8, 4) is 0 Å². The number of nitrogens with one attached hydrogen (secondary N) is 2. The van der Waals surface area contributed by atoms with Gasteiger partial charge in [-0.1, -0.05) is 12.1 Å². The predicted molar refractivity (Wildman–Crippen MR) is 57.4 cm³/mol. The Morgan fingerprint density at radius 3 is 3.07 bits per heavy atom. The van der Waals surface area contributed by atoms with Gasteiger partial charge in [0.1, 0.15) is 0 Å². The number of rotatable bonds is 2. The largest absolute Gasteiger partial charge is 0.381 e. The summed E-state index contributed by atoms with van der Waals surface area (Å²) < 4.78 is 0. The number of hydrogen-bond acceptors (Lipinski definition) is 2. The lowest BCUT2D eigenvalue weighted by Crippen LogP contribution is -2.27. The van der Waals surface area contributed by atoms with Gasteiger partial charge in [-0.25, -0.2) is 0 Å². The first-order valence-corrected chi connectivity index (χ1v) is 5.12. The lowest BCUT2D eigenvalue weighted by Gasteiger charge is -2.27. The third-order valence-electron chi connectivity index (χ3n) is 2.94. The van der Waals surface area contributed by atoms with Crippen molar-refractivity contribution in [2.75, 3.05) is 5.32 Å². The second-order valence-electron chi connectivity index (χ2n) is 3.91. The van der Waals surface area contributed by atoms with Gasteiger partial charge in [0.25, 0.3) is 0 Å². The number of benzene rings is 1. The van der Waals surface area contributed by atoms with Crippen LogP contribution >= 0.6 is 0 Å². The molecule has 3 heteroatoms. The highest BCUT2D eigenvalue weighted by atomic mass is 15.1. The first-order valence-electron chi connectivity index (χ1n) is 5.12. The molecule has 1 heterocycles. The van der Waals surface area contributed by atoms with Crippen molar-refractivity contribution in [2.24, 2.45) is 0 Å². The number of fused-ring (bicyclic) bond motifs is 1. The summed E-state index contributed by atoms with van der Waals surface area (Å²) in [7, 11) is 0. The van der Waals surface area contributed by atoms with E-state index in [4.69, 9.17) is 0 Å². The maximum absolute atomic E-state index is 4.05. The van der Waals surface area contributed by atoms with E-state index in [1.807, 2.05) is 6.20 Å². The third kappa shape index (κ3) is 1.16. The zero-order valence-electron chi connectivity index (χ0n) is 7.96. The van der Waals surface area contributed by atoms with E-state index in [2.05, 4.69) is 33.7 Å². The molecule has 0 saturated heterocycles. The second kappa shape index (κ2) is 3.01. The van der Waals surface area contributed by atoms with Crippen molar-refractivity contribution in [2.45, 2.75) is 25.3 Å². The summed E-state index contributed by atoms with van der Waals surface area (Å²) in [5, 5.41) is 11.8. The van der Waals surface area contributed by atoms with Crippen LogP contribution in [0.5, 0.6) is 0 Å². The maximum Gasteiger partial charge on any atom is 0.0881 e. The topological polar surface area (TPSA) is 40.7 Å². The molecule has 0 unspecified atom stereocenters. The summed E-state index contributed by atoms with van der Waals surface area (Å²) in [4.78, 5) is 0. The standard InChI is InChI=1S/C11H13N3/c1-3-8-7-12-14-11(8)10(6-1)13-9-4-2-5-9/h1,3,6-7,9,13H,2,4-5H2,(H,12,14). The quantitative estimate of drug-likeness (QED) is 0.758. The SMILES string of the molecule is c1cc(NC2CCC2)c2[nH]ncc2c1. The number of anilines is 1. The number of H-pyrrole nitrogens is 1. The maximum atomic E-state index is 4.05. The van der Waals surface area contributed by atoms with Crippen molar-refractivity contribution in [3.05, 3.63) is 24.4 Å². The molecule has 3 rings (SSSR count). The molecule has 0 spiro atoms. The van der Waals surface area contributed by atoms with Crippen LogP contribution in [0.25, 0.3) is 10.9 Å². The number of nitrogens with zero attached hydrogens (tertiary/aromatic N) is 1. The fourth-order valence-corrected chi connectivity index (χ4v) is 1.86. The van der Waals surface area contributed by atoms with Crippen LogP contribution in [-0.2, 0) is 0 Å². The highest BCUT2D eigenvalue weighted by molar-refractivity contribution is 5.90. The molecule has 0 bridgehead atoms. The summed E-state index contributed by atoms with van der Waals surface area (Å²) in [5.74, 6) is 0. The van der Waals surface area contributed by atoms with Gasteiger partial charge < -0.3 is 5.32 Å². The zero-order valence-corrected chi connectivity index (χ0v) is 7.96. The molecule has 1 aliphatic carbocycles. The van der Waals surface area contributed by atoms with E-state index in [1.54, 1.807) is 0 Å². The Bertz CT molecular complexity index is 442. The minimum absolute atomic E-state index is 0.670. The molecule has 1 aromatic carbocycles. The monoisotopic (exact) mass is 187 g/mol. The van der Waals surface area contributed by atoms with Gasteiger partial charge in [-0.2, -0.15) is 5.10 Å². The normalized spacial score (nSPS) is 16.9. The first-order chi connectivity index (χ1) is 6.93. The van der Waals surface area contributed by atoms with Crippen LogP contribution in [0.4, 0.5) is 5.69 Å². The van der Waals surface area contributed by atoms with Crippen LogP contribution < -0.4 is 5.32 Å². The van der Waals surface area contributed by atoms with Gasteiger partial charge in [0.05, 0.1) is 17.4 Å². The van der Waals surface area contributed by atoms with E-state index in [-0.39, 0.29) is 0 Å². The lowest BCUT2D eigenvalue weighted by atomic mass is 9.93. The zero-order chi connectivity index (χ0) is 9.38. The Morgan fingerprint density at radius 1 is 1.36 bits per heavy atom. The van der Waals surface area contributed by atoms with E-state index < -0.39 is 0 Å². The fraction of sp³-hybridized carbons (Fsp3) is 0.364. The van der Waals surface area contributed by atoms with Crippen molar-refractivity contribution in [1.29, 1.82) is 0 Å². The number of aromatic nitrogens is 2. The van der Waals surface area contributed by atoms with E-state index in [0.717, 1.165) is 5.52 Å². The van der Waals surface area contributed by atoms with Crippen LogP contribution in [0.3, 0.4) is 0 Å². The summed E-state index contributed by atoms with van der Waals surface area (Å²) in [6.45, 7) is 0. The predicted octanol–water partition coefficient (Wildman–Crippen LogP) is 2.53. The van der Waals surface area contributed by atoms with E-state index in [1.165, 1.54) is 30.3 Å². The molecule has 0 radical (unpaired) electrons. The molecule has 2 N–H and O–H groups in total. The lowest BCUT2D eigenvalue weighted by molar-refractivity contribution is 0.446. The van der Waals surface area contributed by atoms with Gasteiger partial charge in [0.2, 0.25) is 0 Å². The Morgan fingerprint density at radius 2 is 2.29 bits per heavy atom. The fourth-order valence-electron chi connectivity index (χ4n) is 1.86. The van der Waals surface area contributed by atoms with Gasteiger partial charge in [0, 0.05) is 11.4 Å². The molecule has 72 valence electrons. The average molecular weight is 187 g/mol. The smallest absolute Gasteiger partial charge is 0.0881 e. The van der Waals surface area contributed by atoms with Crippen molar-refractivity contribution >= 4 is 16.6 Å². The minimum atomic E-state index is 0.670. The van der Waals surface area contributed by atoms with Crippen LogP contribution in [0.2, 0.25) is 0 Å². The molecule has 0 amide bonds. The van der Waals surface area contributed by atoms with Crippen LogP contribution in [-0.4, -0.2) is 16.2 Å². The Balaban J connectivity index is 1.97. The van der Waals surface area contributed by atoms with E-state index in [9.17, 15) is 0 Å². The first kappa shape index (κ1) is 7.85. The molecule has 0 aliphatic heterocycles. The molecule has 1 aromatic heterocycles. The molecular formula is C11H13N3. The second-order valence-corrected chi connectivity index (χ2v) is 3.91. The number of hydrogen-bond donors (Lipinski definition) is 2. The Labute approximate surface area is 82.5 Å². The third-order valence-corrected chi connectivity index (χ3v) is 2.94. The molecular weight excluding hydrogens is 174 g/mol. The average Bonchev–Trinajstić information content (AvgIpc) is 2.59. The van der Waals surface area contributed by atoms with Crippen LogP contribution in [0.1, 0.15) is 19.3 Å². The summed E-state index contributed by atoms with van der Waals surface area (Å²) >= 11 is 0. The van der Waals surface area contributed by atoms with E-state index in [0.29, 0.717) is 6.04 Å². The minimum Gasteiger partial charge on any atom is -0.381 e. The summed E-state index contributed by atoms with van der Waals surface area (Å²) in [5.41, 5.74) is 2.31. The van der Waals surface area contributed by atoms with Crippen molar-refractivity contribution < 1.29 is 0 Å². The van der Waals surface area contributed by atoms with E-state index >= 15 is 0 Å². The Hall–Kier alpha value is -1.51. The molecule has 3 nitrogen and oxygen atoms in total. The highest BCUT2D eigenvalue weighted by Gasteiger charge is 2.17. The molecule has 0 atom stereocenters. The van der Waals surface area contributed by atoms with Gasteiger partial charge in [-0.3, -0.25) is 5.10 Å². The van der Waals surface area contributed by atoms with Gasteiger partial charge >= 0.3 is 0 Å². The van der Waals surface area contributed by atoms with Gasteiger partial charge in [-0.15, -0.1) is 0 Å². The molecule has 1 saturated carbocycles. The van der Waals surface area contributed by atoms with Gasteiger partial charge in [-0.05, 0) is 25.3 Å². The Kier molecular flexibility index (Phi) is 1.69. The summed E-state index contributed by atoms with van der Waals surface area (Å²) in [6.07, 6.45) is 5.81.